The molecule has 0 amide bonds. The highest BCUT2D eigenvalue weighted by atomic mass is 16.5. The number of aliphatic hydroxyl groups is 1. The first-order valence-electron chi connectivity index (χ1n) is 5.15. The molecule has 0 fully saturated rings. The van der Waals surface area contributed by atoms with Crippen LogP contribution in [0.15, 0.2) is 24.3 Å². The van der Waals surface area contributed by atoms with Gasteiger partial charge in [-0.2, -0.15) is 0 Å². The Kier molecular flexibility index (Phi) is 5.10. The molecule has 0 saturated carbocycles. The van der Waals surface area contributed by atoms with E-state index in [2.05, 4.69) is 16.6 Å². The largest absolute Gasteiger partial charge is 0.456 e. The summed E-state index contributed by atoms with van der Waals surface area (Å²) in [6.45, 7) is 2.17. The molecule has 16 heavy (non-hydrogen) atoms. The van der Waals surface area contributed by atoms with Crippen LogP contribution >= 0.6 is 0 Å². The number of ether oxygens (including phenoxy) is 1. The third-order valence-electron chi connectivity index (χ3n) is 1.91. The van der Waals surface area contributed by atoms with Crippen LogP contribution in [0.25, 0.3) is 0 Å². The van der Waals surface area contributed by atoms with E-state index in [0.29, 0.717) is 13.0 Å². The third kappa shape index (κ3) is 4.16. The maximum atomic E-state index is 11.0. The van der Waals surface area contributed by atoms with Crippen LogP contribution in [-0.4, -0.2) is 24.3 Å². The molecule has 0 atom stereocenters. The molecule has 0 bridgehead atoms. The Bertz CT molecular complexity index is 413. The van der Waals surface area contributed by atoms with Gasteiger partial charge in [-0.3, -0.25) is 0 Å². The molecule has 1 aromatic rings. The SMILES string of the molecule is CCOC(=O)C#Cc1cccc(CCO)c1. The lowest BCUT2D eigenvalue weighted by Gasteiger charge is -1.98. The summed E-state index contributed by atoms with van der Waals surface area (Å²) in [5.74, 6) is 4.60. The van der Waals surface area contributed by atoms with Crippen molar-refractivity contribution in [1.82, 2.24) is 0 Å². The Morgan fingerprint density at radius 3 is 3.00 bits per heavy atom. The Morgan fingerprint density at radius 2 is 2.31 bits per heavy atom. The second kappa shape index (κ2) is 6.65. The van der Waals surface area contributed by atoms with Gasteiger partial charge in [0, 0.05) is 18.1 Å². The molecule has 84 valence electrons. The molecule has 0 radical (unpaired) electrons. The summed E-state index contributed by atoms with van der Waals surface area (Å²) < 4.78 is 4.69. The molecule has 0 spiro atoms. The summed E-state index contributed by atoms with van der Waals surface area (Å²) in [5.41, 5.74) is 1.75. The minimum absolute atomic E-state index is 0.106. The van der Waals surface area contributed by atoms with Crippen molar-refractivity contribution in [2.24, 2.45) is 0 Å². The highest BCUT2D eigenvalue weighted by Gasteiger charge is 1.95. The molecular weight excluding hydrogens is 204 g/mol. The van der Waals surface area contributed by atoms with Gasteiger partial charge in [-0.1, -0.05) is 18.1 Å². The molecule has 3 heteroatoms. The number of rotatable bonds is 3. The number of benzene rings is 1. The summed E-state index contributed by atoms with van der Waals surface area (Å²) in [5, 5.41) is 8.79. The number of hydrogen-bond acceptors (Lipinski definition) is 3. The highest BCUT2D eigenvalue weighted by Crippen LogP contribution is 2.04. The van der Waals surface area contributed by atoms with Gasteiger partial charge in [-0.05, 0) is 31.0 Å². The van der Waals surface area contributed by atoms with E-state index >= 15 is 0 Å². The first-order valence-corrected chi connectivity index (χ1v) is 5.15. The van der Waals surface area contributed by atoms with E-state index in [4.69, 9.17) is 5.11 Å². The summed E-state index contributed by atoms with van der Waals surface area (Å²) in [7, 11) is 0. The molecule has 0 heterocycles. The summed E-state index contributed by atoms with van der Waals surface area (Å²) in [6.07, 6.45) is 0.592. The first-order chi connectivity index (χ1) is 7.76. The molecule has 1 rings (SSSR count). The van der Waals surface area contributed by atoms with Crippen molar-refractivity contribution in [1.29, 1.82) is 0 Å². The second-order valence-corrected chi connectivity index (χ2v) is 3.14. The minimum atomic E-state index is -0.518. The van der Waals surface area contributed by atoms with Crippen molar-refractivity contribution in [3.63, 3.8) is 0 Å². The van der Waals surface area contributed by atoms with E-state index in [1.165, 1.54) is 0 Å². The standard InChI is InChI=1S/C13H14O3/c1-2-16-13(15)7-6-11-4-3-5-12(10-11)8-9-14/h3-5,10,14H,2,8-9H2,1H3. The topological polar surface area (TPSA) is 46.5 Å². The maximum absolute atomic E-state index is 11.0. The van der Waals surface area contributed by atoms with Crippen LogP contribution in [0.3, 0.4) is 0 Å². The third-order valence-corrected chi connectivity index (χ3v) is 1.91. The van der Waals surface area contributed by atoms with E-state index in [-0.39, 0.29) is 6.61 Å². The van der Waals surface area contributed by atoms with Crippen LogP contribution in [-0.2, 0) is 16.0 Å². The number of esters is 1. The molecule has 3 nitrogen and oxygen atoms in total. The van der Waals surface area contributed by atoms with Gasteiger partial charge in [0.15, 0.2) is 0 Å². The van der Waals surface area contributed by atoms with Gasteiger partial charge in [-0.25, -0.2) is 4.79 Å². The van der Waals surface area contributed by atoms with E-state index in [1.54, 1.807) is 6.92 Å². The molecule has 0 saturated heterocycles. The molecule has 0 unspecified atom stereocenters. The predicted molar refractivity (Wildman–Crippen MR) is 60.7 cm³/mol. The van der Waals surface area contributed by atoms with E-state index < -0.39 is 5.97 Å². The molecule has 0 aliphatic heterocycles. The fourth-order valence-corrected chi connectivity index (χ4v) is 1.22. The van der Waals surface area contributed by atoms with Crippen LogP contribution in [0.2, 0.25) is 0 Å². The first kappa shape index (κ1) is 12.3. The Morgan fingerprint density at radius 1 is 1.50 bits per heavy atom. The van der Waals surface area contributed by atoms with Gasteiger partial charge < -0.3 is 9.84 Å². The quantitative estimate of drug-likeness (QED) is 0.611. The fourth-order valence-electron chi connectivity index (χ4n) is 1.22. The molecular formula is C13H14O3. The summed E-state index contributed by atoms with van der Waals surface area (Å²) in [6, 6.07) is 7.42. The molecule has 0 aliphatic carbocycles. The van der Waals surface area contributed by atoms with Gasteiger partial charge in [-0.15, -0.1) is 0 Å². The minimum Gasteiger partial charge on any atom is -0.456 e. The summed E-state index contributed by atoms with van der Waals surface area (Å²) >= 11 is 0. The average Bonchev–Trinajstić information content (AvgIpc) is 2.28. The highest BCUT2D eigenvalue weighted by molar-refractivity contribution is 5.89. The zero-order valence-electron chi connectivity index (χ0n) is 9.19. The lowest BCUT2D eigenvalue weighted by molar-refractivity contribution is -0.136. The van der Waals surface area contributed by atoms with Crippen molar-refractivity contribution in [2.75, 3.05) is 13.2 Å². The van der Waals surface area contributed by atoms with Crippen LogP contribution < -0.4 is 0 Å². The van der Waals surface area contributed by atoms with Gasteiger partial charge in [0.05, 0.1) is 6.61 Å². The number of aliphatic hydroxyl groups excluding tert-OH is 1. The maximum Gasteiger partial charge on any atom is 0.384 e. The fraction of sp³-hybridized carbons (Fsp3) is 0.308. The van der Waals surface area contributed by atoms with Crippen molar-refractivity contribution in [3.05, 3.63) is 35.4 Å². The van der Waals surface area contributed by atoms with Crippen molar-refractivity contribution in [3.8, 4) is 11.8 Å². The Hall–Kier alpha value is -1.79. The lowest BCUT2D eigenvalue weighted by atomic mass is 10.1. The molecule has 1 aromatic carbocycles. The monoisotopic (exact) mass is 218 g/mol. The summed E-state index contributed by atoms with van der Waals surface area (Å²) in [4.78, 5) is 11.0. The van der Waals surface area contributed by atoms with Crippen LogP contribution in [0.1, 0.15) is 18.1 Å². The average molecular weight is 218 g/mol. The van der Waals surface area contributed by atoms with Crippen molar-refractivity contribution >= 4 is 5.97 Å². The lowest BCUT2D eigenvalue weighted by Crippen LogP contribution is -1.99. The molecule has 1 N–H and O–H groups in total. The molecule has 0 aliphatic rings. The zero-order chi connectivity index (χ0) is 11.8. The predicted octanol–water partition coefficient (Wildman–Crippen LogP) is 1.14. The van der Waals surface area contributed by atoms with Gasteiger partial charge in [0.2, 0.25) is 0 Å². The zero-order valence-corrected chi connectivity index (χ0v) is 9.19. The normalized spacial score (nSPS) is 9.12. The van der Waals surface area contributed by atoms with Gasteiger partial charge in [0.25, 0.3) is 0 Å². The number of hydrogen-bond donors (Lipinski definition) is 1. The van der Waals surface area contributed by atoms with Crippen LogP contribution in [0, 0.1) is 11.8 Å². The number of carbonyl (C=O) groups is 1. The van der Waals surface area contributed by atoms with Crippen LogP contribution in [0.5, 0.6) is 0 Å². The Balaban J connectivity index is 2.73. The van der Waals surface area contributed by atoms with Crippen molar-refractivity contribution in [2.45, 2.75) is 13.3 Å². The Labute approximate surface area is 95.1 Å². The second-order valence-electron chi connectivity index (χ2n) is 3.14. The van der Waals surface area contributed by atoms with Crippen LogP contribution in [0.4, 0.5) is 0 Å². The smallest absolute Gasteiger partial charge is 0.384 e. The van der Waals surface area contributed by atoms with E-state index in [9.17, 15) is 4.79 Å². The number of carbonyl (C=O) groups excluding carboxylic acids is 1. The van der Waals surface area contributed by atoms with E-state index in [1.807, 2.05) is 24.3 Å². The van der Waals surface area contributed by atoms with Gasteiger partial charge in [0.1, 0.15) is 0 Å². The van der Waals surface area contributed by atoms with E-state index in [0.717, 1.165) is 11.1 Å². The molecule has 0 aromatic heterocycles. The van der Waals surface area contributed by atoms with Gasteiger partial charge >= 0.3 is 5.97 Å². The van der Waals surface area contributed by atoms with Crippen molar-refractivity contribution < 1.29 is 14.6 Å².